The average molecular weight is 515 g/mol. The number of nitrogens with one attached hydrogen (secondary N) is 3. The van der Waals surface area contributed by atoms with Crippen LogP contribution in [0.25, 0.3) is 0 Å². The molecule has 4 rings (SSSR count). The molecule has 200 valence electrons. The van der Waals surface area contributed by atoms with E-state index < -0.39 is 23.9 Å². The summed E-state index contributed by atoms with van der Waals surface area (Å²) in [5.74, 6) is -0.977. The Hall–Kier alpha value is -3.83. The predicted octanol–water partition coefficient (Wildman–Crippen LogP) is -0.452. The van der Waals surface area contributed by atoms with Crippen molar-refractivity contribution in [3.8, 4) is 5.75 Å². The predicted molar refractivity (Wildman–Crippen MR) is 133 cm³/mol. The van der Waals surface area contributed by atoms with Crippen LogP contribution in [0, 0.1) is 0 Å². The van der Waals surface area contributed by atoms with E-state index in [4.69, 9.17) is 4.74 Å². The molecule has 12 nitrogen and oxygen atoms in total. The first-order valence-corrected chi connectivity index (χ1v) is 12.7. The van der Waals surface area contributed by atoms with Gasteiger partial charge in [0.15, 0.2) is 0 Å². The molecule has 3 aliphatic heterocycles. The molecular formula is C25H34N6O6. The van der Waals surface area contributed by atoms with Gasteiger partial charge in [-0.1, -0.05) is 12.1 Å². The van der Waals surface area contributed by atoms with Gasteiger partial charge in [-0.25, -0.2) is 4.79 Å². The van der Waals surface area contributed by atoms with Crippen LogP contribution in [-0.2, 0) is 14.4 Å². The van der Waals surface area contributed by atoms with Crippen molar-refractivity contribution in [1.29, 1.82) is 0 Å². The number of amides is 6. The standard InChI is InChI=1S/C25H34N6O6/c1-29-15-16-37-20-7-3-2-5-17(20)22(33)28-18(23(34)26-10-13-30-14-11-27-25(30)36)8-9-21(32)31-12-4-6-19(31)24(29)35/h2-3,5,7,18-19H,4,6,8-16H2,1H3,(H,26,34)(H,27,36)(H,28,33)/t18-,19-/m0/s1. The Morgan fingerprint density at radius 1 is 1.11 bits per heavy atom. The lowest BCUT2D eigenvalue weighted by Gasteiger charge is -2.28. The highest BCUT2D eigenvalue weighted by Crippen LogP contribution is 2.22. The molecule has 0 spiro atoms. The third-order valence-corrected chi connectivity index (χ3v) is 6.95. The monoisotopic (exact) mass is 514 g/mol. The number of carbonyl (C=O) groups is 5. The number of rotatable bonds is 4. The van der Waals surface area contributed by atoms with Gasteiger partial charge >= 0.3 is 6.03 Å². The van der Waals surface area contributed by atoms with Crippen LogP contribution in [-0.4, -0.2) is 109 Å². The summed E-state index contributed by atoms with van der Waals surface area (Å²) in [5, 5.41) is 8.23. The molecule has 3 aliphatic rings. The number of hydrogen-bond donors (Lipinski definition) is 3. The zero-order chi connectivity index (χ0) is 26.4. The Labute approximate surface area is 215 Å². The SMILES string of the molecule is CN1CCOc2ccccc2C(=O)N[C@H](C(=O)NCCN2CCNC2=O)CCC(=O)N2CCC[C@H]2C1=O. The van der Waals surface area contributed by atoms with Gasteiger partial charge in [-0.3, -0.25) is 19.2 Å². The quantitative estimate of drug-likeness (QED) is 0.497. The van der Waals surface area contributed by atoms with E-state index in [1.165, 1.54) is 0 Å². The molecule has 1 aromatic carbocycles. The van der Waals surface area contributed by atoms with Gasteiger partial charge in [-0.15, -0.1) is 0 Å². The second kappa shape index (κ2) is 11.9. The van der Waals surface area contributed by atoms with Crippen LogP contribution in [0.1, 0.15) is 36.0 Å². The molecule has 0 bridgehead atoms. The van der Waals surface area contributed by atoms with E-state index in [2.05, 4.69) is 16.0 Å². The van der Waals surface area contributed by atoms with Crippen molar-refractivity contribution in [2.45, 2.75) is 37.8 Å². The lowest BCUT2D eigenvalue weighted by molar-refractivity contribution is -0.143. The minimum Gasteiger partial charge on any atom is -0.491 e. The number of fused-ring (bicyclic) bond motifs is 2. The number of benzene rings is 1. The lowest BCUT2D eigenvalue weighted by Crippen LogP contribution is -2.50. The molecule has 0 unspecified atom stereocenters. The molecule has 0 aliphatic carbocycles. The Morgan fingerprint density at radius 2 is 1.92 bits per heavy atom. The fraction of sp³-hybridized carbons (Fsp3) is 0.560. The van der Waals surface area contributed by atoms with E-state index in [0.29, 0.717) is 44.9 Å². The van der Waals surface area contributed by atoms with Gasteiger partial charge in [0.05, 0.1) is 12.1 Å². The molecule has 3 heterocycles. The smallest absolute Gasteiger partial charge is 0.317 e. The van der Waals surface area contributed by atoms with Gasteiger partial charge in [0.25, 0.3) is 5.91 Å². The van der Waals surface area contributed by atoms with Crippen molar-refractivity contribution in [3.63, 3.8) is 0 Å². The van der Waals surface area contributed by atoms with E-state index in [0.717, 1.165) is 6.42 Å². The second-order valence-corrected chi connectivity index (χ2v) is 9.42. The van der Waals surface area contributed by atoms with Gasteiger partial charge in [0, 0.05) is 46.2 Å². The number of para-hydroxylation sites is 1. The number of ether oxygens (including phenoxy) is 1. The highest BCUT2D eigenvalue weighted by molar-refractivity contribution is 6.00. The number of carbonyl (C=O) groups excluding carboxylic acids is 5. The van der Waals surface area contributed by atoms with Crippen LogP contribution >= 0.6 is 0 Å². The van der Waals surface area contributed by atoms with Crippen molar-refractivity contribution in [2.24, 2.45) is 0 Å². The summed E-state index contributed by atoms with van der Waals surface area (Å²) in [5.41, 5.74) is 0.254. The van der Waals surface area contributed by atoms with Crippen LogP contribution < -0.4 is 20.7 Å². The Kier molecular flexibility index (Phi) is 8.47. The summed E-state index contributed by atoms with van der Waals surface area (Å²) in [7, 11) is 1.68. The van der Waals surface area contributed by atoms with Crippen molar-refractivity contribution in [1.82, 2.24) is 30.7 Å². The first kappa shape index (κ1) is 26.2. The van der Waals surface area contributed by atoms with Gasteiger partial charge in [0.1, 0.15) is 24.4 Å². The maximum absolute atomic E-state index is 13.2. The van der Waals surface area contributed by atoms with E-state index in [-0.39, 0.29) is 49.4 Å². The first-order chi connectivity index (χ1) is 17.8. The summed E-state index contributed by atoms with van der Waals surface area (Å²) < 4.78 is 5.83. The van der Waals surface area contributed by atoms with Crippen LogP contribution in [0.5, 0.6) is 5.75 Å². The fourth-order valence-corrected chi connectivity index (χ4v) is 4.84. The third-order valence-electron chi connectivity index (χ3n) is 6.95. The van der Waals surface area contributed by atoms with E-state index in [1.54, 1.807) is 46.0 Å². The third kappa shape index (κ3) is 6.30. The molecule has 6 amide bonds. The van der Waals surface area contributed by atoms with Crippen molar-refractivity contribution >= 4 is 29.7 Å². The summed E-state index contributed by atoms with van der Waals surface area (Å²) >= 11 is 0. The highest BCUT2D eigenvalue weighted by Gasteiger charge is 2.36. The number of likely N-dealkylation sites (N-methyl/N-ethyl adjacent to an activating group) is 1. The summed E-state index contributed by atoms with van der Waals surface area (Å²) in [6.07, 6.45) is 1.38. The number of nitrogens with zero attached hydrogens (tertiary/aromatic N) is 3. The minimum atomic E-state index is -0.985. The average Bonchev–Trinajstić information content (AvgIpc) is 3.54. The molecule has 12 heteroatoms. The molecule has 1 aromatic rings. The van der Waals surface area contributed by atoms with Crippen molar-refractivity contribution < 1.29 is 28.7 Å². The number of urea groups is 1. The number of hydrogen-bond acceptors (Lipinski definition) is 6. The highest BCUT2D eigenvalue weighted by atomic mass is 16.5. The Balaban J connectivity index is 1.51. The molecule has 0 saturated carbocycles. The largest absolute Gasteiger partial charge is 0.491 e. The normalized spacial score (nSPS) is 23.3. The molecule has 37 heavy (non-hydrogen) atoms. The zero-order valence-corrected chi connectivity index (χ0v) is 21.0. The first-order valence-electron chi connectivity index (χ1n) is 12.7. The van der Waals surface area contributed by atoms with Crippen LogP contribution in [0.2, 0.25) is 0 Å². The molecule has 2 saturated heterocycles. The molecule has 3 N–H and O–H groups in total. The topological polar surface area (TPSA) is 140 Å². The second-order valence-electron chi connectivity index (χ2n) is 9.42. The van der Waals surface area contributed by atoms with Gasteiger partial charge in [-0.05, 0) is 31.4 Å². The van der Waals surface area contributed by atoms with Gasteiger partial charge < -0.3 is 35.4 Å². The molecule has 2 atom stereocenters. The molecule has 0 aromatic heterocycles. The van der Waals surface area contributed by atoms with E-state index >= 15 is 0 Å². The maximum atomic E-state index is 13.2. The van der Waals surface area contributed by atoms with Gasteiger partial charge in [0.2, 0.25) is 17.7 Å². The van der Waals surface area contributed by atoms with Gasteiger partial charge in [-0.2, -0.15) is 0 Å². The zero-order valence-electron chi connectivity index (χ0n) is 21.0. The summed E-state index contributed by atoms with van der Waals surface area (Å²) in [6, 6.07) is 4.99. The van der Waals surface area contributed by atoms with Crippen LogP contribution in [0.4, 0.5) is 4.79 Å². The van der Waals surface area contributed by atoms with Crippen LogP contribution in [0.3, 0.4) is 0 Å². The fourth-order valence-electron chi connectivity index (χ4n) is 4.84. The molecular weight excluding hydrogens is 480 g/mol. The molecule has 0 radical (unpaired) electrons. The Bertz CT molecular complexity index is 1050. The minimum absolute atomic E-state index is 0.00145. The maximum Gasteiger partial charge on any atom is 0.317 e. The van der Waals surface area contributed by atoms with Crippen LogP contribution in [0.15, 0.2) is 24.3 Å². The van der Waals surface area contributed by atoms with E-state index in [9.17, 15) is 24.0 Å². The molecule has 2 fully saturated rings. The Morgan fingerprint density at radius 3 is 2.70 bits per heavy atom. The lowest BCUT2D eigenvalue weighted by atomic mass is 10.1. The van der Waals surface area contributed by atoms with Crippen molar-refractivity contribution in [3.05, 3.63) is 29.8 Å². The van der Waals surface area contributed by atoms with Crippen molar-refractivity contribution in [2.75, 3.05) is 52.9 Å². The van der Waals surface area contributed by atoms with E-state index in [1.807, 2.05) is 0 Å². The summed E-state index contributed by atoms with van der Waals surface area (Å²) in [4.78, 5) is 68.8. The summed E-state index contributed by atoms with van der Waals surface area (Å²) in [6.45, 7) is 2.61.